The van der Waals surface area contributed by atoms with E-state index >= 15 is 0 Å². The van der Waals surface area contributed by atoms with Crippen LogP contribution in [0.4, 0.5) is 0 Å². The normalized spacial score (nSPS) is 21.9. The van der Waals surface area contributed by atoms with Gasteiger partial charge in [-0.1, -0.05) is 17.8 Å². The standard InChI is InChI=1S/C10H14N2O4S2/c1-7-9(17-10(14)11-7)18(15,16)12-5-3-2-4-8(12)6-13/h6,8H,2-5H2,1H3,(H,11,14). The van der Waals surface area contributed by atoms with Crippen LogP contribution in [0.3, 0.4) is 0 Å². The van der Waals surface area contributed by atoms with Gasteiger partial charge in [0.1, 0.15) is 6.29 Å². The van der Waals surface area contributed by atoms with E-state index < -0.39 is 20.9 Å². The molecule has 1 aliphatic heterocycles. The highest BCUT2D eigenvalue weighted by Crippen LogP contribution is 2.27. The number of rotatable bonds is 3. The van der Waals surface area contributed by atoms with Crippen LogP contribution in [0.1, 0.15) is 25.0 Å². The maximum Gasteiger partial charge on any atom is 0.305 e. The number of aldehydes is 1. The van der Waals surface area contributed by atoms with E-state index in [9.17, 15) is 18.0 Å². The minimum atomic E-state index is -3.74. The monoisotopic (exact) mass is 290 g/mol. The second-order valence-electron chi connectivity index (χ2n) is 4.24. The van der Waals surface area contributed by atoms with Crippen LogP contribution in [0.15, 0.2) is 9.00 Å². The fourth-order valence-corrected chi connectivity index (χ4v) is 5.15. The number of nitrogens with one attached hydrogen (secondary N) is 1. The van der Waals surface area contributed by atoms with Gasteiger partial charge >= 0.3 is 4.87 Å². The third-order valence-corrected chi connectivity index (χ3v) is 6.49. The molecule has 1 N–H and O–H groups in total. The van der Waals surface area contributed by atoms with Gasteiger partial charge in [-0.3, -0.25) is 4.79 Å². The molecule has 0 spiro atoms. The Kier molecular flexibility index (Phi) is 3.69. The number of hydrogen-bond donors (Lipinski definition) is 1. The van der Waals surface area contributed by atoms with E-state index in [-0.39, 0.29) is 4.21 Å². The third-order valence-electron chi connectivity index (χ3n) is 2.98. The fourth-order valence-electron chi connectivity index (χ4n) is 2.11. The Morgan fingerprint density at radius 2 is 2.17 bits per heavy atom. The number of nitrogens with zero attached hydrogens (tertiary/aromatic N) is 1. The van der Waals surface area contributed by atoms with Crippen LogP contribution in [0.2, 0.25) is 0 Å². The Bertz CT molecular complexity index is 602. The number of sulfonamides is 1. The number of H-pyrrole nitrogens is 1. The van der Waals surface area contributed by atoms with Crippen molar-refractivity contribution >= 4 is 27.6 Å². The van der Waals surface area contributed by atoms with E-state index in [4.69, 9.17) is 0 Å². The average Bonchev–Trinajstić information content (AvgIpc) is 2.69. The maximum absolute atomic E-state index is 12.4. The molecule has 1 fully saturated rings. The molecule has 0 aliphatic carbocycles. The Balaban J connectivity index is 2.44. The molecular formula is C10H14N2O4S2. The summed E-state index contributed by atoms with van der Waals surface area (Å²) in [5.74, 6) is 0. The van der Waals surface area contributed by atoms with Gasteiger partial charge in [-0.15, -0.1) is 0 Å². The summed E-state index contributed by atoms with van der Waals surface area (Å²) in [6, 6.07) is -0.611. The minimum absolute atomic E-state index is 0.0150. The number of piperidine rings is 1. The first-order valence-electron chi connectivity index (χ1n) is 5.63. The molecule has 0 amide bonds. The summed E-state index contributed by atoms with van der Waals surface area (Å²) in [5.41, 5.74) is 0.334. The molecule has 0 radical (unpaired) electrons. The molecule has 2 rings (SSSR count). The lowest BCUT2D eigenvalue weighted by atomic mass is 10.1. The zero-order valence-electron chi connectivity index (χ0n) is 9.88. The summed E-state index contributed by atoms with van der Waals surface area (Å²) in [4.78, 5) is 24.2. The van der Waals surface area contributed by atoms with Crippen LogP contribution in [0.25, 0.3) is 0 Å². The van der Waals surface area contributed by atoms with Crippen molar-refractivity contribution in [3.63, 3.8) is 0 Å². The molecule has 100 valence electrons. The van der Waals surface area contributed by atoms with Crippen LogP contribution >= 0.6 is 11.3 Å². The van der Waals surface area contributed by atoms with Crippen molar-refractivity contribution in [1.82, 2.24) is 9.29 Å². The number of aryl methyl sites for hydroxylation is 1. The molecule has 1 saturated heterocycles. The second-order valence-corrected chi connectivity index (χ2v) is 7.31. The summed E-state index contributed by atoms with van der Waals surface area (Å²) in [5, 5.41) is 0. The molecule has 1 unspecified atom stereocenters. The lowest BCUT2D eigenvalue weighted by Gasteiger charge is -2.30. The summed E-state index contributed by atoms with van der Waals surface area (Å²) < 4.78 is 26.0. The van der Waals surface area contributed by atoms with Crippen molar-refractivity contribution < 1.29 is 13.2 Å². The van der Waals surface area contributed by atoms with Crippen molar-refractivity contribution in [3.8, 4) is 0 Å². The number of hydrogen-bond acceptors (Lipinski definition) is 5. The molecule has 8 heteroatoms. The number of carbonyl (C=O) groups is 1. The molecule has 1 aromatic heterocycles. The number of aromatic nitrogens is 1. The van der Waals surface area contributed by atoms with Gasteiger partial charge in [-0.05, 0) is 19.8 Å². The number of carbonyl (C=O) groups excluding carboxylic acids is 1. The lowest BCUT2D eigenvalue weighted by molar-refractivity contribution is -0.111. The predicted molar refractivity (Wildman–Crippen MR) is 67.3 cm³/mol. The third kappa shape index (κ3) is 2.27. The summed E-state index contributed by atoms with van der Waals surface area (Å²) in [7, 11) is -3.74. The van der Waals surface area contributed by atoms with E-state index in [0.29, 0.717) is 36.3 Å². The quantitative estimate of drug-likeness (QED) is 0.821. The Morgan fingerprint density at radius 1 is 1.44 bits per heavy atom. The highest BCUT2D eigenvalue weighted by atomic mass is 32.2. The number of thiazole rings is 1. The van der Waals surface area contributed by atoms with Gasteiger partial charge in [0.05, 0.1) is 6.04 Å². The predicted octanol–water partition coefficient (Wildman–Crippen LogP) is 0.487. The van der Waals surface area contributed by atoms with Crippen molar-refractivity contribution in [2.75, 3.05) is 6.54 Å². The first kappa shape index (κ1) is 13.4. The molecule has 6 nitrogen and oxygen atoms in total. The van der Waals surface area contributed by atoms with E-state index in [1.165, 1.54) is 4.31 Å². The van der Waals surface area contributed by atoms with Crippen molar-refractivity contribution in [3.05, 3.63) is 15.4 Å². The van der Waals surface area contributed by atoms with Gasteiger partial charge in [-0.2, -0.15) is 4.31 Å². The second kappa shape index (κ2) is 4.94. The van der Waals surface area contributed by atoms with Gasteiger partial charge in [0.25, 0.3) is 10.0 Å². The van der Waals surface area contributed by atoms with Gasteiger partial charge in [-0.25, -0.2) is 8.42 Å². The fraction of sp³-hybridized carbons (Fsp3) is 0.600. The molecule has 2 heterocycles. The topological polar surface area (TPSA) is 87.3 Å². The van der Waals surface area contributed by atoms with Crippen molar-refractivity contribution in [1.29, 1.82) is 0 Å². The summed E-state index contributed by atoms with van der Waals surface area (Å²) in [6.45, 7) is 1.88. The Morgan fingerprint density at radius 3 is 2.72 bits per heavy atom. The highest BCUT2D eigenvalue weighted by molar-refractivity contribution is 7.91. The van der Waals surface area contributed by atoms with E-state index in [1.807, 2.05) is 0 Å². The van der Waals surface area contributed by atoms with Crippen LogP contribution in [0.5, 0.6) is 0 Å². The van der Waals surface area contributed by atoms with E-state index in [0.717, 1.165) is 12.8 Å². The van der Waals surface area contributed by atoms with E-state index in [1.54, 1.807) is 6.92 Å². The molecule has 18 heavy (non-hydrogen) atoms. The molecule has 1 aliphatic rings. The van der Waals surface area contributed by atoms with Crippen LogP contribution < -0.4 is 4.87 Å². The highest BCUT2D eigenvalue weighted by Gasteiger charge is 2.35. The average molecular weight is 290 g/mol. The van der Waals surface area contributed by atoms with Gasteiger partial charge in [0.15, 0.2) is 4.21 Å². The molecule has 1 atom stereocenters. The van der Waals surface area contributed by atoms with Crippen LogP contribution in [-0.2, 0) is 14.8 Å². The molecule has 0 aromatic carbocycles. The Labute approximate surface area is 109 Å². The molecular weight excluding hydrogens is 276 g/mol. The van der Waals surface area contributed by atoms with Crippen LogP contribution in [0, 0.1) is 6.92 Å². The van der Waals surface area contributed by atoms with Crippen molar-refractivity contribution in [2.45, 2.75) is 36.4 Å². The SMILES string of the molecule is Cc1[nH]c(=O)sc1S(=O)(=O)N1CCCCC1C=O. The van der Waals surface area contributed by atoms with E-state index in [2.05, 4.69) is 4.98 Å². The minimum Gasteiger partial charge on any atom is -0.315 e. The molecule has 0 saturated carbocycles. The maximum atomic E-state index is 12.4. The zero-order chi connectivity index (χ0) is 13.3. The van der Waals surface area contributed by atoms with Gasteiger partial charge < -0.3 is 9.78 Å². The lowest BCUT2D eigenvalue weighted by Crippen LogP contribution is -2.44. The first-order valence-corrected chi connectivity index (χ1v) is 7.89. The van der Waals surface area contributed by atoms with Crippen LogP contribution in [-0.4, -0.2) is 36.6 Å². The zero-order valence-corrected chi connectivity index (χ0v) is 11.5. The summed E-state index contributed by atoms with van der Waals surface area (Å²) >= 11 is 0.671. The first-order chi connectivity index (χ1) is 8.46. The van der Waals surface area contributed by atoms with Gasteiger partial charge in [0.2, 0.25) is 0 Å². The smallest absolute Gasteiger partial charge is 0.305 e. The largest absolute Gasteiger partial charge is 0.315 e. The van der Waals surface area contributed by atoms with Gasteiger partial charge in [0, 0.05) is 12.2 Å². The number of aromatic amines is 1. The Hall–Kier alpha value is -0.990. The summed E-state index contributed by atoms with van der Waals surface area (Å²) in [6.07, 6.45) is 2.79. The van der Waals surface area contributed by atoms with Crippen molar-refractivity contribution in [2.24, 2.45) is 0 Å². The molecule has 1 aromatic rings. The molecule has 0 bridgehead atoms.